The van der Waals surface area contributed by atoms with Gasteiger partial charge >= 0.3 is 0 Å². The van der Waals surface area contributed by atoms with Gasteiger partial charge in [-0.1, -0.05) is 48.4 Å². The van der Waals surface area contributed by atoms with Gasteiger partial charge in [0.15, 0.2) is 0 Å². The molecule has 1 spiro atoms. The van der Waals surface area contributed by atoms with E-state index in [9.17, 15) is 4.79 Å². The lowest BCUT2D eigenvalue weighted by Gasteiger charge is -2.42. The van der Waals surface area contributed by atoms with Crippen molar-refractivity contribution in [2.75, 3.05) is 39.5 Å². The Morgan fingerprint density at radius 3 is 2.57 bits per heavy atom. The van der Waals surface area contributed by atoms with Crippen molar-refractivity contribution in [2.45, 2.75) is 64.5 Å². The van der Waals surface area contributed by atoms with Gasteiger partial charge in [-0.15, -0.1) is 0 Å². The van der Waals surface area contributed by atoms with Crippen LogP contribution in [-0.2, 0) is 11.3 Å². The van der Waals surface area contributed by atoms with Gasteiger partial charge in [0, 0.05) is 25.1 Å². The smallest absolute Gasteiger partial charge is 0.257 e. The fourth-order valence-electron chi connectivity index (χ4n) is 5.96. The molecular formula is C30H40N2O3. The standard InChI is InChI=1S/C30H40N2O3/c1-24-10-12-25(13-11-24)21-31-18-15-30(16-19-31)14-4-5-20-34-22-26-7-6-17-32(26)29(33)27-8-2-3-9-28(27)35-23-30/h2-3,8-13,26H,4-7,14-23H2,1H3/t26-/m0/s1. The normalized spacial score (nSPS) is 23.9. The van der Waals surface area contributed by atoms with Crippen LogP contribution in [0.2, 0.25) is 0 Å². The highest BCUT2D eigenvalue weighted by molar-refractivity contribution is 5.97. The average Bonchev–Trinajstić information content (AvgIpc) is 3.35. The van der Waals surface area contributed by atoms with Crippen LogP contribution in [0.5, 0.6) is 5.75 Å². The van der Waals surface area contributed by atoms with Gasteiger partial charge in [-0.25, -0.2) is 0 Å². The first kappa shape index (κ1) is 24.3. The number of ether oxygens (including phenoxy) is 2. The van der Waals surface area contributed by atoms with Gasteiger partial charge in [0.05, 0.1) is 24.8 Å². The third-order valence-corrected chi connectivity index (χ3v) is 8.29. The van der Waals surface area contributed by atoms with Gasteiger partial charge in [-0.2, -0.15) is 0 Å². The van der Waals surface area contributed by atoms with Gasteiger partial charge in [0.25, 0.3) is 5.91 Å². The lowest BCUT2D eigenvalue weighted by atomic mass is 9.75. The second-order valence-electron chi connectivity index (χ2n) is 10.9. The van der Waals surface area contributed by atoms with Crippen LogP contribution in [0, 0.1) is 12.3 Å². The first-order chi connectivity index (χ1) is 17.1. The summed E-state index contributed by atoms with van der Waals surface area (Å²) in [5.41, 5.74) is 3.55. The van der Waals surface area contributed by atoms with Crippen LogP contribution < -0.4 is 4.74 Å². The van der Waals surface area contributed by atoms with Crippen LogP contribution in [0.15, 0.2) is 48.5 Å². The highest BCUT2D eigenvalue weighted by Crippen LogP contribution is 2.38. The number of fused-ring (bicyclic) bond motifs is 2. The van der Waals surface area contributed by atoms with E-state index < -0.39 is 0 Å². The van der Waals surface area contributed by atoms with Crippen LogP contribution in [0.3, 0.4) is 0 Å². The molecule has 0 aromatic heterocycles. The molecule has 5 nitrogen and oxygen atoms in total. The zero-order valence-electron chi connectivity index (χ0n) is 21.2. The molecule has 2 aromatic rings. The number of carbonyl (C=O) groups is 1. The van der Waals surface area contributed by atoms with Crippen molar-refractivity contribution in [3.8, 4) is 5.75 Å². The van der Waals surface area contributed by atoms with Crippen molar-refractivity contribution in [3.63, 3.8) is 0 Å². The molecule has 1 atom stereocenters. The molecule has 2 aromatic carbocycles. The van der Waals surface area contributed by atoms with Crippen LogP contribution in [0.25, 0.3) is 0 Å². The SMILES string of the molecule is Cc1ccc(CN2CCC3(CCCCOC[C@@H]4CCCN4C(=O)c4ccccc4OC3)CC2)cc1. The van der Waals surface area contributed by atoms with E-state index in [1.54, 1.807) is 0 Å². The average molecular weight is 477 g/mol. The van der Waals surface area contributed by atoms with E-state index in [1.165, 1.54) is 11.1 Å². The Kier molecular flexibility index (Phi) is 7.74. The topological polar surface area (TPSA) is 42.0 Å². The molecule has 188 valence electrons. The minimum absolute atomic E-state index is 0.0886. The highest BCUT2D eigenvalue weighted by atomic mass is 16.5. The van der Waals surface area contributed by atoms with Crippen molar-refractivity contribution in [2.24, 2.45) is 5.41 Å². The summed E-state index contributed by atoms with van der Waals surface area (Å²) in [4.78, 5) is 18.1. The third kappa shape index (κ3) is 5.90. The number of hydrogen-bond acceptors (Lipinski definition) is 4. The summed E-state index contributed by atoms with van der Waals surface area (Å²) in [6.07, 6.45) is 7.72. The fourth-order valence-corrected chi connectivity index (χ4v) is 5.96. The maximum absolute atomic E-state index is 13.5. The first-order valence-electron chi connectivity index (χ1n) is 13.5. The van der Waals surface area contributed by atoms with E-state index in [2.05, 4.69) is 36.1 Å². The molecule has 0 N–H and O–H groups in total. The highest BCUT2D eigenvalue weighted by Gasteiger charge is 2.36. The largest absolute Gasteiger partial charge is 0.492 e. The molecule has 0 saturated carbocycles. The summed E-state index contributed by atoms with van der Waals surface area (Å²) < 4.78 is 12.6. The van der Waals surface area contributed by atoms with E-state index in [0.717, 1.165) is 83.5 Å². The van der Waals surface area contributed by atoms with Crippen LogP contribution in [-0.4, -0.2) is 61.2 Å². The predicted octanol–water partition coefficient (Wildman–Crippen LogP) is 5.46. The van der Waals surface area contributed by atoms with E-state index in [1.807, 2.05) is 29.2 Å². The first-order valence-corrected chi connectivity index (χ1v) is 13.5. The molecule has 3 heterocycles. The number of likely N-dealkylation sites (tertiary alicyclic amines) is 1. The number of hydrogen-bond donors (Lipinski definition) is 0. The molecule has 35 heavy (non-hydrogen) atoms. The summed E-state index contributed by atoms with van der Waals surface area (Å²) in [5.74, 6) is 0.827. The predicted molar refractivity (Wildman–Crippen MR) is 139 cm³/mol. The number of benzene rings is 2. The molecule has 3 aliphatic heterocycles. The number of para-hydroxylation sites is 1. The lowest BCUT2D eigenvalue weighted by molar-refractivity contribution is 0.0323. The minimum Gasteiger partial charge on any atom is -0.492 e. The molecule has 1 amide bonds. The molecule has 0 radical (unpaired) electrons. The van der Waals surface area contributed by atoms with Gasteiger partial charge in [-0.3, -0.25) is 9.69 Å². The van der Waals surface area contributed by atoms with E-state index in [4.69, 9.17) is 9.47 Å². The van der Waals surface area contributed by atoms with E-state index in [-0.39, 0.29) is 17.4 Å². The Morgan fingerprint density at radius 2 is 1.74 bits per heavy atom. The molecule has 0 unspecified atom stereocenters. The molecule has 0 bridgehead atoms. The third-order valence-electron chi connectivity index (χ3n) is 8.29. The molecular weight excluding hydrogens is 436 g/mol. The lowest BCUT2D eigenvalue weighted by Crippen LogP contribution is -2.43. The molecule has 5 rings (SSSR count). The maximum Gasteiger partial charge on any atom is 0.257 e. The van der Waals surface area contributed by atoms with E-state index in [0.29, 0.717) is 18.8 Å². The minimum atomic E-state index is 0.0886. The summed E-state index contributed by atoms with van der Waals surface area (Å²) in [7, 11) is 0. The molecule has 5 heteroatoms. The van der Waals surface area contributed by atoms with Crippen molar-refractivity contribution < 1.29 is 14.3 Å². The quantitative estimate of drug-likeness (QED) is 0.577. The fraction of sp³-hybridized carbons (Fsp3) is 0.567. The second-order valence-corrected chi connectivity index (χ2v) is 10.9. The molecule has 3 aliphatic rings. The summed E-state index contributed by atoms with van der Waals surface area (Å²) in [5, 5.41) is 0. The second kappa shape index (κ2) is 11.1. The Morgan fingerprint density at radius 1 is 0.943 bits per heavy atom. The number of carbonyl (C=O) groups excluding carboxylic acids is 1. The summed E-state index contributed by atoms with van der Waals surface area (Å²) in [6, 6.07) is 16.9. The summed E-state index contributed by atoms with van der Waals surface area (Å²) in [6.45, 7) is 8.25. The maximum atomic E-state index is 13.5. The number of aryl methyl sites for hydroxylation is 1. The van der Waals surface area contributed by atoms with Crippen LogP contribution >= 0.6 is 0 Å². The Hall–Kier alpha value is -2.37. The van der Waals surface area contributed by atoms with Gasteiger partial charge in [-0.05, 0) is 76.2 Å². The number of piperidine rings is 1. The molecule has 2 fully saturated rings. The number of amides is 1. The Labute approximate surface area is 210 Å². The summed E-state index contributed by atoms with van der Waals surface area (Å²) >= 11 is 0. The van der Waals surface area contributed by atoms with Gasteiger partial charge < -0.3 is 14.4 Å². The number of nitrogens with zero attached hydrogens (tertiary/aromatic N) is 2. The number of rotatable bonds is 2. The van der Waals surface area contributed by atoms with Gasteiger partial charge in [0.2, 0.25) is 0 Å². The zero-order chi connectivity index (χ0) is 24.1. The van der Waals surface area contributed by atoms with Crippen LogP contribution in [0.4, 0.5) is 0 Å². The molecule has 2 saturated heterocycles. The monoisotopic (exact) mass is 476 g/mol. The van der Waals surface area contributed by atoms with Crippen molar-refractivity contribution >= 4 is 5.91 Å². The van der Waals surface area contributed by atoms with Crippen molar-refractivity contribution in [3.05, 3.63) is 65.2 Å². The Bertz CT molecular complexity index is 981. The Balaban J connectivity index is 1.29. The van der Waals surface area contributed by atoms with E-state index >= 15 is 0 Å². The van der Waals surface area contributed by atoms with Gasteiger partial charge in [0.1, 0.15) is 5.75 Å². The van der Waals surface area contributed by atoms with Crippen molar-refractivity contribution in [1.82, 2.24) is 9.80 Å². The molecule has 0 aliphatic carbocycles. The van der Waals surface area contributed by atoms with Crippen LogP contribution in [0.1, 0.15) is 66.4 Å². The zero-order valence-corrected chi connectivity index (χ0v) is 21.2. The van der Waals surface area contributed by atoms with Crippen molar-refractivity contribution in [1.29, 1.82) is 0 Å².